The Balaban J connectivity index is 2.06. The van der Waals surface area contributed by atoms with Gasteiger partial charge in [0.25, 0.3) is 0 Å². The standard InChI is InChI=1S/C12H25N3O/c1-10(2)15-8-4-12(5-9-15)14-7-6-13-11(3)16/h10,12,14H,4-9H2,1-3H3,(H,13,16). The third-order valence-corrected chi connectivity index (χ3v) is 3.19. The Morgan fingerprint density at radius 3 is 2.44 bits per heavy atom. The minimum atomic E-state index is 0.0522. The van der Waals surface area contributed by atoms with Crippen molar-refractivity contribution in [2.75, 3.05) is 26.2 Å². The summed E-state index contributed by atoms with van der Waals surface area (Å²) in [6, 6.07) is 1.30. The molecule has 0 radical (unpaired) electrons. The van der Waals surface area contributed by atoms with Gasteiger partial charge in [-0.05, 0) is 39.8 Å². The molecule has 0 aromatic rings. The van der Waals surface area contributed by atoms with Gasteiger partial charge < -0.3 is 15.5 Å². The van der Waals surface area contributed by atoms with Gasteiger partial charge in [0.1, 0.15) is 0 Å². The predicted octanol–water partition coefficient (Wildman–Crippen LogP) is 0.585. The van der Waals surface area contributed by atoms with E-state index in [1.54, 1.807) is 6.92 Å². The van der Waals surface area contributed by atoms with E-state index >= 15 is 0 Å². The van der Waals surface area contributed by atoms with Crippen LogP contribution < -0.4 is 10.6 Å². The van der Waals surface area contributed by atoms with Crippen molar-refractivity contribution >= 4 is 5.91 Å². The number of hydrogen-bond donors (Lipinski definition) is 2. The zero-order valence-corrected chi connectivity index (χ0v) is 10.8. The molecule has 1 aliphatic heterocycles. The first-order valence-corrected chi connectivity index (χ1v) is 6.31. The quantitative estimate of drug-likeness (QED) is 0.676. The van der Waals surface area contributed by atoms with Crippen LogP contribution in [0.5, 0.6) is 0 Å². The summed E-state index contributed by atoms with van der Waals surface area (Å²) in [6.45, 7) is 10.1. The summed E-state index contributed by atoms with van der Waals surface area (Å²) in [5.74, 6) is 0.0522. The van der Waals surface area contributed by atoms with E-state index in [1.165, 1.54) is 25.9 Å². The Bertz CT molecular complexity index is 210. The van der Waals surface area contributed by atoms with Crippen molar-refractivity contribution in [1.29, 1.82) is 0 Å². The molecule has 0 bridgehead atoms. The number of carbonyl (C=O) groups is 1. The molecule has 1 heterocycles. The largest absolute Gasteiger partial charge is 0.355 e. The molecule has 1 saturated heterocycles. The number of piperidine rings is 1. The summed E-state index contributed by atoms with van der Waals surface area (Å²) in [5, 5.41) is 6.30. The van der Waals surface area contributed by atoms with E-state index < -0.39 is 0 Å². The normalized spacial score (nSPS) is 19.0. The van der Waals surface area contributed by atoms with E-state index in [-0.39, 0.29) is 5.91 Å². The van der Waals surface area contributed by atoms with Gasteiger partial charge in [0.2, 0.25) is 5.91 Å². The van der Waals surface area contributed by atoms with Crippen LogP contribution in [0.4, 0.5) is 0 Å². The summed E-state index contributed by atoms with van der Waals surface area (Å²) < 4.78 is 0. The summed E-state index contributed by atoms with van der Waals surface area (Å²) in [5.41, 5.74) is 0. The lowest BCUT2D eigenvalue weighted by molar-refractivity contribution is -0.118. The van der Waals surface area contributed by atoms with Gasteiger partial charge in [-0.1, -0.05) is 0 Å². The molecule has 0 aliphatic carbocycles. The van der Waals surface area contributed by atoms with Crippen LogP contribution in [0.15, 0.2) is 0 Å². The SMILES string of the molecule is CC(=O)NCCNC1CCN(C(C)C)CC1. The fourth-order valence-corrected chi connectivity index (χ4v) is 2.13. The van der Waals surface area contributed by atoms with Gasteiger partial charge in [0.05, 0.1) is 0 Å². The van der Waals surface area contributed by atoms with Crippen LogP contribution in [0.2, 0.25) is 0 Å². The molecule has 1 fully saturated rings. The number of nitrogens with one attached hydrogen (secondary N) is 2. The summed E-state index contributed by atoms with van der Waals surface area (Å²) in [7, 11) is 0. The Morgan fingerprint density at radius 1 is 1.31 bits per heavy atom. The van der Waals surface area contributed by atoms with Gasteiger partial charge in [-0.2, -0.15) is 0 Å². The molecule has 1 aliphatic rings. The predicted molar refractivity (Wildman–Crippen MR) is 66.4 cm³/mol. The highest BCUT2D eigenvalue weighted by Crippen LogP contribution is 2.12. The van der Waals surface area contributed by atoms with Crippen LogP contribution in [-0.4, -0.2) is 49.1 Å². The highest BCUT2D eigenvalue weighted by Gasteiger charge is 2.19. The fourth-order valence-electron chi connectivity index (χ4n) is 2.13. The smallest absolute Gasteiger partial charge is 0.216 e. The Hall–Kier alpha value is -0.610. The second kappa shape index (κ2) is 6.86. The summed E-state index contributed by atoms with van der Waals surface area (Å²) in [4.78, 5) is 13.2. The van der Waals surface area contributed by atoms with Gasteiger partial charge >= 0.3 is 0 Å². The van der Waals surface area contributed by atoms with E-state index in [9.17, 15) is 4.79 Å². The van der Waals surface area contributed by atoms with E-state index in [4.69, 9.17) is 0 Å². The van der Waals surface area contributed by atoms with Crippen LogP contribution in [0.3, 0.4) is 0 Å². The average Bonchev–Trinajstić information content (AvgIpc) is 2.25. The molecule has 0 spiro atoms. The third-order valence-electron chi connectivity index (χ3n) is 3.19. The van der Waals surface area contributed by atoms with Gasteiger partial charge in [-0.15, -0.1) is 0 Å². The van der Waals surface area contributed by atoms with Crippen molar-refractivity contribution in [2.45, 2.75) is 45.7 Å². The van der Waals surface area contributed by atoms with Crippen molar-refractivity contribution in [1.82, 2.24) is 15.5 Å². The molecule has 4 heteroatoms. The highest BCUT2D eigenvalue weighted by molar-refractivity contribution is 5.72. The minimum Gasteiger partial charge on any atom is -0.355 e. The van der Waals surface area contributed by atoms with Crippen molar-refractivity contribution in [3.63, 3.8) is 0 Å². The first kappa shape index (κ1) is 13.5. The van der Waals surface area contributed by atoms with Gasteiger partial charge in [0, 0.05) is 32.1 Å². The summed E-state index contributed by atoms with van der Waals surface area (Å²) in [6.07, 6.45) is 2.44. The molecule has 94 valence electrons. The number of hydrogen-bond acceptors (Lipinski definition) is 3. The molecule has 1 amide bonds. The monoisotopic (exact) mass is 227 g/mol. The van der Waals surface area contributed by atoms with Crippen molar-refractivity contribution in [3.8, 4) is 0 Å². The number of likely N-dealkylation sites (tertiary alicyclic amines) is 1. The first-order valence-electron chi connectivity index (χ1n) is 6.31. The van der Waals surface area contributed by atoms with Crippen LogP contribution in [-0.2, 0) is 4.79 Å². The van der Waals surface area contributed by atoms with Gasteiger partial charge in [0.15, 0.2) is 0 Å². The van der Waals surface area contributed by atoms with E-state index in [2.05, 4.69) is 29.4 Å². The molecule has 1 rings (SSSR count). The molecular weight excluding hydrogens is 202 g/mol. The molecule has 0 atom stereocenters. The number of amides is 1. The lowest BCUT2D eigenvalue weighted by Crippen LogP contribution is -2.46. The van der Waals surface area contributed by atoms with Crippen LogP contribution in [0, 0.1) is 0 Å². The highest BCUT2D eigenvalue weighted by atomic mass is 16.1. The molecule has 0 aromatic carbocycles. The van der Waals surface area contributed by atoms with E-state index in [0.29, 0.717) is 12.1 Å². The van der Waals surface area contributed by atoms with Gasteiger partial charge in [-0.3, -0.25) is 4.79 Å². The topological polar surface area (TPSA) is 44.4 Å². The number of nitrogens with zero attached hydrogens (tertiary/aromatic N) is 1. The zero-order chi connectivity index (χ0) is 12.0. The Morgan fingerprint density at radius 2 is 1.94 bits per heavy atom. The summed E-state index contributed by atoms with van der Waals surface area (Å²) >= 11 is 0. The lowest BCUT2D eigenvalue weighted by Gasteiger charge is -2.35. The molecule has 2 N–H and O–H groups in total. The Kier molecular flexibility index (Phi) is 5.77. The number of carbonyl (C=O) groups excluding carboxylic acids is 1. The van der Waals surface area contributed by atoms with Crippen LogP contribution in [0.1, 0.15) is 33.6 Å². The zero-order valence-electron chi connectivity index (χ0n) is 10.8. The second-order valence-corrected chi connectivity index (χ2v) is 4.84. The molecule has 16 heavy (non-hydrogen) atoms. The second-order valence-electron chi connectivity index (χ2n) is 4.84. The van der Waals surface area contributed by atoms with Crippen molar-refractivity contribution in [2.24, 2.45) is 0 Å². The van der Waals surface area contributed by atoms with Crippen LogP contribution in [0.25, 0.3) is 0 Å². The lowest BCUT2D eigenvalue weighted by atomic mass is 10.0. The first-order chi connectivity index (χ1) is 7.59. The maximum atomic E-state index is 10.7. The third kappa shape index (κ3) is 4.94. The molecule has 0 saturated carbocycles. The molecule has 0 aromatic heterocycles. The average molecular weight is 227 g/mol. The maximum absolute atomic E-state index is 10.7. The van der Waals surface area contributed by atoms with Crippen LogP contribution >= 0.6 is 0 Å². The molecule has 0 unspecified atom stereocenters. The van der Waals surface area contributed by atoms with Crippen molar-refractivity contribution in [3.05, 3.63) is 0 Å². The molecule has 4 nitrogen and oxygen atoms in total. The van der Waals surface area contributed by atoms with Gasteiger partial charge in [-0.25, -0.2) is 0 Å². The van der Waals surface area contributed by atoms with E-state index in [1.807, 2.05) is 0 Å². The molecular formula is C12H25N3O. The van der Waals surface area contributed by atoms with E-state index in [0.717, 1.165) is 13.1 Å². The number of rotatable bonds is 5. The fraction of sp³-hybridized carbons (Fsp3) is 0.917. The van der Waals surface area contributed by atoms with Crippen molar-refractivity contribution < 1.29 is 4.79 Å². The Labute approximate surface area is 98.8 Å². The minimum absolute atomic E-state index is 0.0522. The maximum Gasteiger partial charge on any atom is 0.216 e.